The summed E-state index contributed by atoms with van der Waals surface area (Å²) >= 11 is 6.13. The molecule has 1 amide bonds. The van der Waals surface area contributed by atoms with Crippen LogP contribution in [0.5, 0.6) is 0 Å². The van der Waals surface area contributed by atoms with Crippen LogP contribution in [0.3, 0.4) is 0 Å². The van der Waals surface area contributed by atoms with E-state index in [1.54, 1.807) is 29.0 Å². The molecular formula is C15H20Cl2N4O. The quantitative estimate of drug-likeness (QED) is 0.876. The van der Waals surface area contributed by atoms with Gasteiger partial charge < -0.3 is 10.2 Å². The third-order valence-corrected chi connectivity index (χ3v) is 3.58. The number of nitrogens with one attached hydrogen (secondary N) is 1. The summed E-state index contributed by atoms with van der Waals surface area (Å²) in [6, 6.07) is 7.62. The first kappa shape index (κ1) is 18.5. The van der Waals surface area contributed by atoms with Gasteiger partial charge in [0.1, 0.15) is 0 Å². The zero-order valence-electron chi connectivity index (χ0n) is 12.6. The number of nitrogens with zero attached hydrogens (tertiary/aromatic N) is 3. The highest BCUT2D eigenvalue weighted by Gasteiger charge is 2.13. The summed E-state index contributed by atoms with van der Waals surface area (Å²) in [4.78, 5) is 13.9. The van der Waals surface area contributed by atoms with Crippen molar-refractivity contribution in [1.29, 1.82) is 0 Å². The maximum absolute atomic E-state index is 12.2. The van der Waals surface area contributed by atoms with E-state index in [-0.39, 0.29) is 18.3 Å². The Morgan fingerprint density at radius 2 is 2.14 bits per heavy atom. The number of rotatable bonds is 6. The second kappa shape index (κ2) is 8.78. The van der Waals surface area contributed by atoms with Gasteiger partial charge in [0, 0.05) is 31.4 Å². The van der Waals surface area contributed by atoms with Crippen molar-refractivity contribution in [3.05, 3.63) is 52.8 Å². The van der Waals surface area contributed by atoms with Gasteiger partial charge in [0.25, 0.3) is 5.91 Å². The average molecular weight is 343 g/mol. The number of amides is 1. The van der Waals surface area contributed by atoms with E-state index in [2.05, 4.69) is 10.4 Å². The van der Waals surface area contributed by atoms with Crippen LogP contribution >= 0.6 is 24.0 Å². The second-order valence-electron chi connectivity index (χ2n) is 4.85. The Kier molecular flexibility index (Phi) is 7.38. The van der Waals surface area contributed by atoms with Gasteiger partial charge in [-0.15, -0.1) is 12.4 Å². The molecule has 1 aromatic carbocycles. The lowest BCUT2D eigenvalue weighted by Crippen LogP contribution is -2.32. The van der Waals surface area contributed by atoms with E-state index in [4.69, 9.17) is 11.6 Å². The third-order valence-electron chi connectivity index (χ3n) is 3.21. The molecule has 0 spiro atoms. The highest BCUT2D eigenvalue weighted by Crippen LogP contribution is 2.16. The van der Waals surface area contributed by atoms with E-state index >= 15 is 0 Å². The molecule has 1 heterocycles. The van der Waals surface area contributed by atoms with Gasteiger partial charge in [-0.3, -0.25) is 9.48 Å². The van der Waals surface area contributed by atoms with E-state index in [1.807, 2.05) is 31.3 Å². The number of hydrogen-bond acceptors (Lipinski definition) is 3. The Bertz CT molecular complexity index is 615. The van der Waals surface area contributed by atoms with Crippen LogP contribution in [0.4, 0.5) is 0 Å². The van der Waals surface area contributed by atoms with E-state index < -0.39 is 0 Å². The summed E-state index contributed by atoms with van der Waals surface area (Å²) in [5, 5.41) is 7.95. The van der Waals surface area contributed by atoms with Crippen LogP contribution in [-0.4, -0.2) is 47.8 Å². The van der Waals surface area contributed by atoms with Gasteiger partial charge in [0.2, 0.25) is 0 Å². The van der Waals surface area contributed by atoms with Crippen molar-refractivity contribution >= 4 is 29.9 Å². The Labute approximate surface area is 141 Å². The molecular weight excluding hydrogens is 323 g/mol. The Balaban J connectivity index is 0.00000242. The van der Waals surface area contributed by atoms with Crippen molar-refractivity contribution in [2.45, 2.75) is 6.54 Å². The van der Waals surface area contributed by atoms with Gasteiger partial charge in [-0.25, -0.2) is 0 Å². The summed E-state index contributed by atoms with van der Waals surface area (Å²) < 4.78 is 1.72. The molecule has 7 heteroatoms. The van der Waals surface area contributed by atoms with Crippen molar-refractivity contribution in [3.63, 3.8) is 0 Å². The van der Waals surface area contributed by atoms with Gasteiger partial charge in [-0.1, -0.05) is 29.8 Å². The fraction of sp³-hybridized carbons (Fsp3) is 0.333. The number of likely N-dealkylation sites (N-methyl/N-ethyl adjacent to an activating group) is 2. The van der Waals surface area contributed by atoms with Crippen LogP contribution in [0.1, 0.15) is 15.9 Å². The van der Waals surface area contributed by atoms with Crippen LogP contribution < -0.4 is 5.32 Å². The first-order valence-corrected chi connectivity index (χ1v) is 7.15. The van der Waals surface area contributed by atoms with Gasteiger partial charge >= 0.3 is 0 Å². The van der Waals surface area contributed by atoms with Crippen molar-refractivity contribution in [1.82, 2.24) is 20.0 Å². The Morgan fingerprint density at radius 3 is 2.82 bits per heavy atom. The van der Waals surface area contributed by atoms with Crippen LogP contribution in [0.2, 0.25) is 5.02 Å². The highest BCUT2D eigenvalue weighted by atomic mass is 35.5. The fourth-order valence-corrected chi connectivity index (χ4v) is 2.16. The molecule has 0 atom stereocenters. The Morgan fingerprint density at radius 1 is 1.41 bits per heavy atom. The molecule has 0 fully saturated rings. The summed E-state index contributed by atoms with van der Waals surface area (Å²) in [6.45, 7) is 1.97. The van der Waals surface area contributed by atoms with Crippen molar-refractivity contribution in [2.75, 3.05) is 27.2 Å². The minimum absolute atomic E-state index is 0. The van der Waals surface area contributed by atoms with Crippen LogP contribution in [0.25, 0.3) is 0 Å². The van der Waals surface area contributed by atoms with E-state index in [9.17, 15) is 4.79 Å². The highest BCUT2D eigenvalue weighted by molar-refractivity contribution is 6.31. The average Bonchev–Trinajstić information content (AvgIpc) is 2.95. The maximum Gasteiger partial charge on any atom is 0.256 e. The minimum Gasteiger partial charge on any atom is -0.340 e. The molecule has 0 saturated carbocycles. The lowest BCUT2D eigenvalue weighted by atomic mass is 10.2. The van der Waals surface area contributed by atoms with E-state index in [0.717, 1.165) is 12.1 Å². The lowest BCUT2D eigenvalue weighted by molar-refractivity contribution is 0.0797. The number of carbonyl (C=O) groups excluding carboxylic acids is 1. The molecule has 1 aromatic heterocycles. The maximum atomic E-state index is 12.2. The molecule has 2 rings (SSSR count). The molecule has 0 aliphatic carbocycles. The zero-order valence-corrected chi connectivity index (χ0v) is 14.2. The molecule has 22 heavy (non-hydrogen) atoms. The largest absolute Gasteiger partial charge is 0.340 e. The molecule has 0 unspecified atom stereocenters. The summed E-state index contributed by atoms with van der Waals surface area (Å²) in [5.74, 6) is -0.0318. The second-order valence-corrected chi connectivity index (χ2v) is 5.26. The third kappa shape index (κ3) is 4.73. The molecule has 0 aliphatic heterocycles. The summed E-state index contributed by atoms with van der Waals surface area (Å²) in [5.41, 5.74) is 1.56. The molecule has 2 aromatic rings. The van der Waals surface area contributed by atoms with E-state index in [0.29, 0.717) is 23.7 Å². The summed E-state index contributed by atoms with van der Waals surface area (Å²) in [6.07, 6.45) is 3.34. The summed E-state index contributed by atoms with van der Waals surface area (Å²) in [7, 11) is 3.64. The SMILES string of the molecule is CNCCN(C)C(=O)c1cnn(Cc2ccccc2Cl)c1.Cl. The van der Waals surface area contributed by atoms with Gasteiger partial charge in [0.15, 0.2) is 0 Å². The fourth-order valence-electron chi connectivity index (χ4n) is 1.96. The van der Waals surface area contributed by atoms with Crippen molar-refractivity contribution in [3.8, 4) is 0 Å². The first-order valence-electron chi connectivity index (χ1n) is 6.77. The van der Waals surface area contributed by atoms with Gasteiger partial charge in [-0.2, -0.15) is 5.10 Å². The van der Waals surface area contributed by atoms with E-state index in [1.165, 1.54) is 0 Å². The number of aromatic nitrogens is 2. The molecule has 0 aliphatic rings. The van der Waals surface area contributed by atoms with Crippen LogP contribution in [-0.2, 0) is 6.54 Å². The Hall–Kier alpha value is -1.56. The van der Waals surface area contributed by atoms with Crippen LogP contribution in [0, 0.1) is 0 Å². The number of halogens is 2. The standard InChI is InChI=1S/C15H19ClN4O.ClH/c1-17-7-8-19(2)15(21)13-9-18-20(11-13)10-12-5-3-4-6-14(12)16;/h3-6,9,11,17H,7-8,10H2,1-2H3;1H. The first-order chi connectivity index (χ1) is 10.1. The number of benzene rings is 1. The van der Waals surface area contributed by atoms with Crippen molar-refractivity contribution in [2.24, 2.45) is 0 Å². The lowest BCUT2D eigenvalue weighted by Gasteiger charge is -2.15. The van der Waals surface area contributed by atoms with Crippen molar-refractivity contribution < 1.29 is 4.79 Å². The van der Waals surface area contributed by atoms with Gasteiger partial charge in [0.05, 0.1) is 18.3 Å². The zero-order chi connectivity index (χ0) is 15.2. The van der Waals surface area contributed by atoms with Gasteiger partial charge in [-0.05, 0) is 18.7 Å². The molecule has 0 saturated heterocycles. The number of carbonyl (C=O) groups is 1. The minimum atomic E-state index is -0.0318. The molecule has 0 bridgehead atoms. The smallest absolute Gasteiger partial charge is 0.256 e. The predicted molar refractivity (Wildman–Crippen MR) is 90.9 cm³/mol. The monoisotopic (exact) mass is 342 g/mol. The van der Waals surface area contributed by atoms with Crippen LogP contribution in [0.15, 0.2) is 36.7 Å². The molecule has 120 valence electrons. The predicted octanol–water partition coefficient (Wildman–Crippen LogP) is 2.30. The topological polar surface area (TPSA) is 50.2 Å². The number of hydrogen-bond donors (Lipinski definition) is 1. The normalized spacial score (nSPS) is 10.1. The molecule has 0 radical (unpaired) electrons. The molecule has 5 nitrogen and oxygen atoms in total. The molecule has 1 N–H and O–H groups in total.